The van der Waals surface area contributed by atoms with E-state index in [2.05, 4.69) is 10.5 Å². The van der Waals surface area contributed by atoms with E-state index >= 15 is 0 Å². The number of oxime groups is 1. The first-order valence-electron chi connectivity index (χ1n) is 9.49. The number of likely N-dealkylation sites (tertiary alicyclic amines) is 1. The predicted molar refractivity (Wildman–Crippen MR) is 111 cm³/mol. The van der Waals surface area contributed by atoms with Gasteiger partial charge in [-0.1, -0.05) is 41.6 Å². The molecule has 1 heterocycles. The van der Waals surface area contributed by atoms with Crippen LogP contribution in [0.1, 0.15) is 22.3 Å². The highest BCUT2D eigenvalue weighted by Gasteiger charge is 2.38. The van der Waals surface area contributed by atoms with Crippen LogP contribution >= 0.6 is 0 Å². The van der Waals surface area contributed by atoms with E-state index in [1.165, 1.54) is 12.0 Å². The molecular formula is C22H25N3O4. The number of nitrogens with one attached hydrogen (secondary N) is 1. The Morgan fingerprint density at radius 2 is 1.93 bits per heavy atom. The molecule has 0 saturated carbocycles. The van der Waals surface area contributed by atoms with Crippen molar-refractivity contribution in [2.45, 2.75) is 19.4 Å². The van der Waals surface area contributed by atoms with E-state index in [0.717, 1.165) is 16.7 Å². The number of benzene rings is 2. The standard InChI is InChI=1S/C22H25N3O4/c1-15-5-3-4-6-19(15)16-7-9-17(10-8-16)22(28)25-14-18(24-29-2)13-20(25)21(27)23-11-12-26/h3-10,20,26H,11-14H2,1-2H3,(H,23,27)/b24-18+/t20-/m0/s1. The monoisotopic (exact) mass is 395 g/mol. The van der Waals surface area contributed by atoms with Gasteiger partial charge < -0.3 is 20.2 Å². The van der Waals surface area contributed by atoms with Crippen molar-refractivity contribution < 1.29 is 19.5 Å². The maximum Gasteiger partial charge on any atom is 0.254 e. The zero-order valence-electron chi connectivity index (χ0n) is 16.6. The van der Waals surface area contributed by atoms with E-state index in [0.29, 0.717) is 17.7 Å². The van der Waals surface area contributed by atoms with E-state index in [1.807, 2.05) is 43.3 Å². The van der Waals surface area contributed by atoms with Gasteiger partial charge in [0.2, 0.25) is 5.91 Å². The molecule has 2 aromatic carbocycles. The molecule has 0 unspecified atom stereocenters. The second kappa shape index (κ2) is 9.34. The van der Waals surface area contributed by atoms with Gasteiger partial charge in [-0.15, -0.1) is 0 Å². The van der Waals surface area contributed by atoms with Crippen molar-refractivity contribution in [1.82, 2.24) is 10.2 Å². The van der Waals surface area contributed by atoms with Crippen LogP contribution in [-0.4, -0.2) is 60.4 Å². The highest BCUT2D eigenvalue weighted by atomic mass is 16.6. The van der Waals surface area contributed by atoms with Gasteiger partial charge >= 0.3 is 0 Å². The average molecular weight is 395 g/mol. The van der Waals surface area contributed by atoms with Crippen LogP contribution in [0, 0.1) is 6.92 Å². The molecule has 0 spiro atoms. The fourth-order valence-corrected chi connectivity index (χ4v) is 3.50. The van der Waals surface area contributed by atoms with Gasteiger partial charge in [0, 0.05) is 18.5 Å². The third-order valence-electron chi connectivity index (χ3n) is 4.94. The quantitative estimate of drug-likeness (QED) is 0.732. The van der Waals surface area contributed by atoms with Gasteiger partial charge in [-0.05, 0) is 35.7 Å². The first kappa shape index (κ1) is 20.5. The first-order valence-corrected chi connectivity index (χ1v) is 9.49. The molecule has 1 fully saturated rings. The Hall–Kier alpha value is -3.19. The fourth-order valence-electron chi connectivity index (χ4n) is 3.50. The van der Waals surface area contributed by atoms with Crippen LogP contribution in [0.5, 0.6) is 0 Å². The Morgan fingerprint density at radius 1 is 1.21 bits per heavy atom. The third-order valence-corrected chi connectivity index (χ3v) is 4.94. The molecule has 1 atom stereocenters. The number of nitrogens with zero attached hydrogens (tertiary/aromatic N) is 2. The molecule has 2 N–H and O–H groups in total. The highest BCUT2D eigenvalue weighted by molar-refractivity contribution is 6.05. The van der Waals surface area contributed by atoms with E-state index < -0.39 is 6.04 Å². The van der Waals surface area contributed by atoms with Crippen molar-refractivity contribution >= 4 is 17.5 Å². The molecule has 7 heteroatoms. The Morgan fingerprint density at radius 3 is 2.59 bits per heavy atom. The zero-order chi connectivity index (χ0) is 20.8. The minimum atomic E-state index is -0.681. The lowest BCUT2D eigenvalue weighted by Gasteiger charge is -2.23. The summed E-state index contributed by atoms with van der Waals surface area (Å²) in [4.78, 5) is 31.9. The van der Waals surface area contributed by atoms with Crippen LogP contribution < -0.4 is 5.32 Å². The van der Waals surface area contributed by atoms with Gasteiger partial charge in [0.1, 0.15) is 13.2 Å². The molecule has 3 rings (SSSR count). The van der Waals surface area contributed by atoms with Crippen LogP contribution in [0.4, 0.5) is 0 Å². The molecule has 29 heavy (non-hydrogen) atoms. The van der Waals surface area contributed by atoms with Gasteiger partial charge in [-0.2, -0.15) is 0 Å². The molecular weight excluding hydrogens is 370 g/mol. The predicted octanol–water partition coefficient (Wildman–Crippen LogP) is 1.99. The molecule has 152 valence electrons. The van der Waals surface area contributed by atoms with Crippen LogP contribution in [0.25, 0.3) is 11.1 Å². The van der Waals surface area contributed by atoms with E-state index in [-0.39, 0.29) is 31.5 Å². The molecule has 1 aliphatic heterocycles. The highest BCUT2D eigenvalue weighted by Crippen LogP contribution is 2.25. The van der Waals surface area contributed by atoms with Gasteiger partial charge in [-0.3, -0.25) is 9.59 Å². The van der Waals surface area contributed by atoms with Crippen LogP contribution in [0.3, 0.4) is 0 Å². The summed E-state index contributed by atoms with van der Waals surface area (Å²) in [6, 6.07) is 14.8. The van der Waals surface area contributed by atoms with Crippen molar-refractivity contribution in [3.8, 4) is 11.1 Å². The van der Waals surface area contributed by atoms with Crippen molar-refractivity contribution in [3.63, 3.8) is 0 Å². The molecule has 0 bridgehead atoms. The van der Waals surface area contributed by atoms with E-state index in [1.54, 1.807) is 12.1 Å². The topological polar surface area (TPSA) is 91.2 Å². The lowest BCUT2D eigenvalue weighted by molar-refractivity contribution is -0.124. The zero-order valence-corrected chi connectivity index (χ0v) is 16.6. The second-order valence-corrected chi connectivity index (χ2v) is 6.90. The number of carbonyl (C=O) groups excluding carboxylic acids is 2. The van der Waals surface area contributed by atoms with Crippen molar-refractivity contribution in [1.29, 1.82) is 0 Å². The minimum absolute atomic E-state index is 0.138. The maximum atomic E-state index is 13.1. The molecule has 0 aliphatic carbocycles. The lowest BCUT2D eigenvalue weighted by atomic mass is 9.99. The fraction of sp³-hybridized carbons (Fsp3) is 0.318. The maximum absolute atomic E-state index is 13.1. The number of aryl methyl sites for hydroxylation is 1. The molecule has 1 saturated heterocycles. The molecule has 0 radical (unpaired) electrons. The molecule has 0 aromatic heterocycles. The first-order chi connectivity index (χ1) is 14.0. The Kier molecular flexibility index (Phi) is 6.61. The largest absolute Gasteiger partial charge is 0.399 e. The summed E-state index contributed by atoms with van der Waals surface area (Å²) in [7, 11) is 1.43. The molecule has 2 amide bonds. The van der Waals surface area contributed by atoms with Crippen molar-refractivity contribution in [2.75, 3.05) is 26.8 Å². The Bertz CT molecular complexity index is 909. The number of aliphatic hydroxyl groups excluding tert-OH is 1. The van der Waals surface area contributed by atoms with Crippen LogP contribution in [0.2, 0.25) is 0 Å². The molecule has 2 aromatic rings. The SMILES string of the molecule is CO/N=C1\C[C@@H](C(=O)NCCO)N(C(=O)c2ccc(-c3ccccc3C)cc2)C1. The number of rotatable bonds is 6. The Labute approximate surface area is 170 Å². The number of aliphatic hydroxyl groups is 1. The minimum Gasteiger partial charge on any atom is -0.399 e. The summed E-state index contributed by atoms with van der Waals surface area (Å²) in [5.74, 6) is -0.558. The second-order valence-electron chi connectivity index (χ2n) is 6.90. The summed E-state index contributed by atoms with van der Waals surface area (Å²) < 4.78 is 0. The van der Waals surface area contributed by atoms with E-state index in [9.17, 15) is 9.59 Å². The lowest BCUT2D eigenvalue weighted by Crippen LogP contribution is -2.46. The van der Waals surface area contributed by atoms with Crippen LogP contribution in [-0.2, 0) is 9.63 Å². The smallest absolute Gasteiger partial charge is 0.254 e. The molecule has 7 nitrogen and oxygen atoms in total. The number of carbonyl (C=O) groups is 2. The summed E-state index contributed by atoms with van der Waals surface area (Å²) in [6.45, 7) is 2.25. The summed E-state index contributed by atoms with van der Waals surface area (Å²) in [5, 5.41) is 15.5. The Balaban J connectivity index is 1.82. The normalized spacial score (nSPS) is 17.4. The average Bonchev–Trinajstić information content (AvgIpc) is 3.16. The van der Waals surface area contributed by atoms with E-state index in [4.69, 9.17) is 9.94 Å². The van der Waals surface area contributed by atoms with Gasteiger partial charge in [0.15, 0.2) is 0 Å². The summed E-state index contributed by atoms with van der Waals surface area (Å²) in [6.07, 6.45) is 0.304. The summed E-state index contributed by atoms with van der Waals surface area (Å²) in [5.41, 5.74) is 4.43. The van der Waals surface area contributed by atoms with Gasteiger partial charge in [0.25, 0.3) is 5.91 Å². The number of hydrogen-bond donors (Lipinski definition) is 2. The number of hydrogen-bond acceptors (Lipinski definition) is 5. The van der Waals surface area contributed by atoms with Gasteiger partial charge in [0.05, 0.1) is 18.9 Å². The summed E-state index contributed by atoms with van der Waals surface area (Å²) >= 11 is 0. The number of amides is 2. The molecule has 1 aliphatic rings. The van der Waals surface area contributed by atoms with Crippen molar-refractivity contribution in [3.05, 3.63) is 59.7 Å². The van der Waals surface area contributed by atoms with Crippen molar-refractivity contribution in [2.24, 2.45) is 5.16 Å². The van der Waals surface area contributed by atoms with Crippen LogP contribution in [0.15, 0.2) is 53.7 Å². The van der Waals surface area contributed by atoms with Gasteiger partial charge in [-0.25, -0.2) is 0 Å². The third kappa shape index (κ3) is 4.63.